The zero-order valence-corrected chi connectivity index (χ0v) is 12.4. The molecule has 2 N–H and O–H groups in total. The Balaban J connectivity index is 1.74. The molecule has 4 nitrogen and oxygen atoms in total. The Kier molecular flexibility index (Phi) is 4.85. The number of nitrogens with two attached hydrogens (primary N) is 1. The quantitative estimate of drug-likeness (QED) is 0.849. The van der Waals surface area contributed by atoms with Crippen molar-refractivity contribution in [1.82, 2.24) is 4.90 Å². The molecule has 110 valence electrons. The van der Waals surface area contributed by atoms with Crippen molar-refractivity contribution in [3.63, 3.8) is 0 Å². The Hall–Kier alpha value is -0.610. The van der Waals surface area contributed by atoms with Gasteiger partial charge in [-0.25, -0.2) is 0 Å². The number of hydrogen-bond donors (Lipinski definition) is 1. The standard InChI is InChI=1S/C15H28N2O2/c1-15(2)7-8-17(11-13(15)16)14(18)4-3-12-5-9-19-10-6-12/h12-13H,3-11,16H2,1-2H3. The minimum atomic E-state index is 0.105. The molecule has 2 fully saturated rings. The molecule has 0 spiro atoms. The molecule has 2 heterocycles. The van der Waals surface area contributed by atoms with Gasteiger partial charge in [0, 0.05) is 38.8 Å². The first-order chi connectivity index (χ1) is 8.99. The van der Waals surface area contributed by atoms with E-state index in [0.717, 1.165) is 52.0 Å². The number of likely N-dealkylation sites (tertiary alicyclic amines) is 1. The molecule has 0 aromatic rings. The van der Waals surface area contributed by atoms with Crippen LogP contribution >= 0.6 is 0 Å². The Bertz CT molecular complexity index is 311. The van der Waals surface area contributed by atoms with Crippen LogP contribution in [0.5, 0.6) is 0 Å². The molecule has 19 heavy (non-hydrogen) atoms. The van der Waals surface area contributed by atoms with Crippen molar-refractivity contribution in [3.05, 3.63) is 0 Å². The highest BCUT2D eigenvalue weighted by Gasteiger charge is 2.34. The normalized spacial score (nSPS) is 28.4. The monoisotopic (exact) mass is 268 g/mol. The number of amides is 1. The fourth-order valence-electron chi connectivity index (χ4n) is 2.93. The number of hydrogen-bond acceptors (Lipinski definition) is 3. The average Bonchev–Trinajstić information content (AvgIpc) is 2.40. The van der Waals surface area contributed by atoms with Gasteiger partial charge < -0.3 is 15.4 Å². The van der Waals surface area contributed by atoms with Gasteiger partial charge in [-0.2, -0.15) is 0 Å². The molecule has 0 aromatic heterocycles. The summed E-state index contributed by atoms with van der Waals surface area (Å²) in [5.41, 5.74) is 6.33. The molecular weight excluding hydrogens is 240 g/mol. The highest BCUT2D eigenvalue weighted by molar-refractivity contribution is 5.76. The number of nitrogens with zero attached hydrogens (tertiary/aromatic N) is 1. The lowest BCUT2D eigenvalue weighted by Crippen LogP contribution is -2.54. The number of carbonyl (C=O) groups excluding carboxylic acids is 1. The first kappa shape index (κ1) is 14.8. The van der Waals surface area contributed by atoms with Crippen molar-refractivity contribution in [2.75, 3.05) is 26.3 Å². The third-order valence-corrected chi connectivity index (χ3v) is 4.91. The van der Waals surface area contributed by atoms with E-state index in [4.69, 9.17) is 10.5 Å². The zero-order chi connectivity index (χ0) is 13.9. The summed E-state index contributed by atoms with van der Waals surface area (Å²) >= 11 is 0. The number of rotatable bonds is 3. The fraction of sp³-hybridized carbons (Fsp3) is 0.933. The van der Waals surface area contributed by atoms with E-state index in [1.165, 1.54) is 0 Å². The lowest BCUT2D eigenvalue weighted by atomic mass is 9.78. The molecule has 1 amide bonds. The highest BCUT2D eigenvalue weighted by atomic mass is 16.5. The van der Waals surface area contributed by atoms with Crippen LogP contribution in [0.2, 0.25) is 0 Å². The van der Waals surface area contributed by atoms with Crippen LogP contribution in [-0.2, 0) is 9.53 Å². The van der Waals surface area contributed by atoms with Gasteiger partial charge in [-0.05, 0) is 37.0 Å². The molecule has 1 unspecified atom stereocenters. The van der Waals surface area contributed by atoms with Crippen molar-refractivity contribution < 1.29 is 9.53 Å². The molecule has 2 aliphatic rings. The zero-order valence-electron chi connectivity index (χ0n) is 12.4. The van der Waals surface area contributed by atoms with Crippen LogP contribution in [0.15, 0.2) is 0 Å². The van der Waals surface area contributed by atoms with Crippen molar-refractivity contribution in [2.45, 2.75) is 52.0 Å². The predicted molar refractivity (Wildman–Crippen MR) is 75.7 cm³/mol. The summed E-state index contributed by atoms with van der Waals surface area (Å²) in [6, 6.07) is 0.105. The summed E-state index contributed by atoms with van der Waals surface area (Å²) < 4.78 is 5.35. The molecule has 2 aliphatic heterocycles. The summed E-state index contributed by atoms with van der Waals surface area (Å²) in [6.07, 6.45) is 4.92. The Morgan fingerprint density at radius 3 is 2.68 bits per heavy atom. The molecular formula is C15H28N2O2. The largest absolute Gasteiger partial charge is 0.381 e. The third-order valence-electron chi connectivity index (χ3n) is 4.91. The van der Waals surface area contributed by atoms with E-state index in [-0.39, 0.29) is 17.4 Å². The summed E-state index contributed by atoms with van der Waals surface area (Å²) in [5.74, 6) is 0.963. The second-order valence-corrected chi connectivity index (χ2v) is 6.78. The number of ether oxygens (including phenoxy) is 1. The first-order valence-corrected chi connectivity index (χ1v) is 7.60. The number of carbonyl (C=O) groups is 1. The maximum atomic E-state index is 12.2. The van der Waals surface area contributed by atoms with Gasteiger partial charge in [0.05, 0.1) is 0 Å². The van der Waals surface area contributed by atoms with Crippen LogP contribution in [-0.4, -0.2) is 43.2 Å². The van der Waals surface area contributed by atoms with Gasteiger partial charge in [-0.3, -0.25) is 4.79 Å². The van der Waals surface area contributed by atoms with Gasteiger partial charge in [0.15, 0.2) is 0 Å². The molecule has 2 rings (SSSR count). The molecule has 1 atom stereocenters. The molecule has 0 radical (unpaired) electrons. The molecule has 2 saturated heterocycles. The van der Waals surface area contributed by atoms with Gasteiger partial charge in [0.1, 0.15) is 0 Å². The number of piperidine rings is 1. The minimum absolute atomic E-state index is 0.105. The van der Waals surface area contributed by atoms with Gasteiger partial charge in [-0.1, -0.05) is 13.8 Å². The first-order valence-electron chi connectivity index (χ1n) is 7.60. The van der Waals surface area contributed by atoms with Gasteiger partial charge >= 0.3 is 0 Å². The van der Waals surface area contributed by atoms with Crippen molar-refractivity contribution >= 4 is 5.91 Å². The van der Waals surface area contributed by atoms with Gasteiger partial charge in [0.2, 0.25) is 5.91 Å². The van der Waals surface area contributed by atoms with Crippen LogP contribution in [0.25, 0.3) is 0 Å². The van der Waals surface area contributed by atoms with Gasteiger partial charge in [-0.15, -0.1) is 0 Å². The lowest BCUT2D eigenvalue weighted by molar-refractivity contribution is -0.134. The maximum Gasteiger partial charge on any atom is 0.222 e. The average molecular weight is 268 g/mol. The molecule has 4 heteroatoms. The molecule has 0 aliphatic carbocycles. The topological polar surface area (TPSA) is 55.6 Å². The summed E-state index contributed by atoms with van der Waals surface area (Å²) in [4.78, 5) is 14.2. The second kappa shape index (κ2) is 6.23. The third kappa shape index (κ3) is 3.93. The Morgan fingerprint density at radius 1 is 1.37 bits per heavy atom. The van der Waals surface area contributed by atoms with E-state index in [9.17, 15) is 4.79 Å². The van der Waals surface area contributed by atoms with E-state index in [2.05, 4.69) is 13.8 Å². The van der Waals surface area contributed by atoms with Crippen molar-refractivity contribution in [3.8, 4) is 0 Å². The van der Waals surface area contributed by atoms with Crippen LogP contribution in [0.1, 0.15) is 46.0 Å². The lowest BCUT2D eigenvalue weighted by Gasteiger charge is -2.42. The second-order valence-electron chi connectivity index (χ2n) is 6.78. The maximum absolute atomic E-state index is 12.2. The summed E-state index contributed by atoms with van der Waals surface area (Å²) in [6.45, 7) is 7.71. The Labute approximate surface area is 116 Å². The van der Waals surface area contributed by atoms with E-state index in [1.54, 1.807) is 0 Å². The van der Waals surface area contributed by atoms with Crippen molar-refractivity contribution in [2.24, 2.45) is 17.1 Å². The van der Waals surface area contributed by atoms with E-state index in [1.807, 2.05) is 4.90 Å². The van der Waals surface area contributed by atoms with Crippen molar-refractivity contribution in [1.29, 1.82) is 0 Å². The van der Waals surface area contributed by atoms with Crippen LogP contribution in [0.4, 0.5) is 0 Å². The Morgan fingerprint density at radius 2 is 2.05 bits per heavy atom. The van der Waals surface area contributed by atoms with E-state index < -0.39 is 0 Å². The molecule has 0 bridgehead atoms. The fourth-order valence-corrected chi connectivity index (χ4v) is 2.93. The summed E-state index contributed by atoms with van der Waals surface area (Å²) in [5, 5.41) is 0. The highest BCUT2D eigenvalue weighted by Crippen LogP contribution is 2.29. The smallest absolute Gasteiger partial charge is 0.222 e. The molecule has 0 aromatic carbocycles. The van der Waals surface area contributed by atoms with Crippen LogP contribution < -0.4 is 5.73 Å². The van der Waals surface area contributed by atoms with Crippen LogP contribution in [0.3, 0.4) is 0 Å². The SMILES string of the molecule is CC1(C)CCN(C(=O)CCC2CCOCC2)CC1N. The van der Waals surface area contributed by atoms with Gasteiger partial charge in [0.25, 0.3) is 0 Å². The molecule has 0 saturated carbocycles. The summed E-state index contributed by atoms with van der Waals surface area (Å²) in [7, 11) is 0. The van der Waals surface area contributed by atoms with E-state index >= 15 is 0 Å². The van der Waals surface area contributed by atoms with Crippen LogP contribution in [0, 0.1) is 11.3 Å². The van der Waals surface area contributed by atoms with E-state index in [0.29, 0.717) is 12.3 Å². The minimum Gasteiger partial charge on any atom is -0.381 e. The predicted octanol–water partition coefficient (Wildman–Crippen LogP) is 1.78.